The van der Waals surface area contributed by atoms with Crippen LogP contribution in [0.2, 0.25) is 0 Å². The third-order valence-corrected chi connectivity index (χ3v) is 5.08. The summed E-state index contributed by atoms with van der Waals surface area (Å²) < 4.78 is 5.82. The molecule has 1 amide bonds. The molecule has 0 fully saturated rings. The van der Waals surface area contributed by atoms with Crippen molar-refractivity contribution in [2.24, 2.45) is 0 Å². The number of carbonyl (C=O) groups excluding carboxylic acids is 1. The Hall–Kier alpha value is -2.66. The largest absolute Gasteiger partial charge is 0.438 e. The van der Waals surface area contributed by atoms with E-state index in [9.17, 15) is 4.79 Å². The average molecular weight is 336 g/mol. The van der Waals surface area contributed by atoms with E-state index in [2.05, 4.69) is 16.4 Å². The Labute approximate surface area is 144 Å². The monoisotopic (exact) mass is 336 g/mol. The molecule has 4 nitrogen and oxygen atoms in total. The Balaban J connectivity index is 1.59. The van der Waals surface area contributed by atoms with Crippen LogP contribution in [0.15, 0.2) is 60.1 Å². The smallest absolute Gasteiger partial charge is 0.259 e. The van der Waals surface area contributed by atoms with Gasteiger partial charge in [0.05, 0.1) is 0 Å². The number of amides is 1. The van der Waals surface area contributed by atoms with E-state index in [1.807, 2.05) is 35.2 Å². The Kier molecular flexibility index (Phi) is 4.01. The fraction of sp³-hybridized carbons (Fsp3) is 0.158. The second-order valence-corrected chi connectivity index (χ2v) is 6.62. The molecular weight excluding hydrogens is 320 g/mol. The number of hydrogen-bond acceptors (Lipinski definition) is 4. The number of ether oxygens (including phenoxy) is 1. The molecule has 3 aromatic rings. The molecule has 3 heterocycles. The van der Waals surface area contributed by atoms with Gasteiger partial charge in [0.15, 0.2) is 0 Å². The van der Waals surface area contributed by atoms with Crippen LogP contribution in [0, 0.1) is 0 Å². The van der Waals surface area contributed by atoms with E-state index in [1.54, 1.807) is 29.7 Å². The normalized spacial score (nSPS) is 13.4. The molecule has 1 aromatic carbocycles. The van der Waals surface area contributed by atoms with E-state index in [0.717, 1.165) is 13.0 Å². The van der Waals surface area contributed by atoms with Crippen LogP contribution >= 0.6 is 11.3 Å². The van der Waals surface area contributed by atoms with Gasteiger partial charge in [-0.25, -0.2) is 4.98 Å². The molecule has 0 spiro atoms. The number of pyridine rings is 1. The molecule has 0 unspecified atom stereocenters. The third-order valence-electron chi connectivity index (χ3n) is 4.05. The number of nitrogens with zero attached hydrogens (tertiary/aromatic N) is 2. The van der Waals surface area contributed by atoms with Crippen molar-refractivity contribution in [2.45, 2.75) is 13.0 Å². The number of benzene rings is 1. The van der Waals surface area contributed by atoms with Crippen LogP contribution in [0.4, 0.5) is 0 Å². The molecule has 4 rings (SSSR count). The maximum absolute atomic E-state index is 13.0. The standard InChI is InChI=1S/C19H16N2O2S/c22-19(21-11-8-17-14(13-21)9-12-24-17)16-7-4-10-20-18(16)23-15-5-2-1-3-6-15/h1-7,9-10,12H,8,11,13H2. The van der Waals surface area contributed by atoms with Crippen LogP contribution in [-0.2, 0) is 13.0 Å². The molecule has 0 radical (unpaired) electrons. The predicted molar refractivity (Wildman–Crippen MR) is 93.5 cm³/mol. The van der Waals surface area contributed by atoms with Crippen molar-refractivity contribution in [1.82, 2.24) is 9.88 Å². The summed E-state index contributed by atoms with van der Waals surface area (Å²) >= 11 is 1.76. The summed E-state index contributed by atoms with van der Waals surface area (Å²) in [5, 5.41) is 2.09. The van der Waals surface area contributed by atoms with Crippen molar-refractivity contribution in [3.8, 4) is 11.6 Å². The van der Waals surface area contributed by atoms with E-state index in [-0.39, 0.29) is 5.91 Å². The lowest BCUT2D eigenvalue weighted by Gasteiger charge is -2.27. The zero-order valence-corrected chi connectivity index (χ0v) is 13.8. The lowest BCUT2D eigenvalue weighted by atomic mass is 10.1. The first-order valence-electron chi connectivity index (χ1n) is 7.84. The van der Waals surface area contributed by atoms with Crippen molar-refractivity contribution in [2.75, 3.05) is 6.54 Å². The minimum atomic E-state index is -0.0362. The highest BCUT2D eigenvalue weighted by Crippen LogP contribution is 2.28. The Morgan fingerprint density at radius 3 is 2.88 bits per heavy atom. The summed E-state index contributed by atoms with van der Waals surface area (Å²) in [4.78, 5) is 20.5. The van der Waals surface area contributed by atoms with Gasteiger partial charge in [-0.3, -0.25) is 4.79 Å². The average Bonchev–Trinajstić information content (AvgIpc) is 3.10. The van der Waals surface area contributed by atoms with Crippen LogP contribution in [0.1, 0.15) is 20.8 Å². The van der Waals surface area contributed by atoms with Gasteiger partial charge in [-0.2, -0.15) is 0 Å². The number of hydrogen-bond donors (Lipinski definition) is 0. The molecule has 2 aromatic heterocycles. The quantitative estimate of drug-likeness (QED) is 0.722. The summed E-state index contributed by atoms with van der Waals surface area (Å²) in [5.41, 5.74) is 1.74. The number of fused-ring (bicyclic) bond motifs is 1. The number of thiophene rings is 1. The third kappa shape index (κ3) is 2.90. The Bertz CT molecular complexity index is 861. The summed E-state index contributed by atoms with van der Waals surface area (Å²) in [7, 11) is 0. The molecule has 120 valence electrons. The van der Waals surface area contributed by atoms with Crippen LogP contribution in [0.5, 0.6) is 11.6 Å². The highest BCUT2D eigenvalue weighted by Gasteiger charge is 2.25. The van der Waals surface area contributed by atoms with Crippen molar-refractivity contribution < 1.29 is 9.53 Å². The zero-order chi connectivity index (χ0) is 16.4. The van der Waals surface area contributed by atoms with E-state index in [4.69, 9.17) is 4.74 Å². The van der Waals surface area contributed by atoms with E-state index in [1.165, 1.54) is 10.4 Å². The van der Waals surface area contributed by atoms with Gasteiger partial charge in [0.25, 0.3) is 5.91 Å². The summed E-state index contributed by atoms with van der Waals surface area (Å²) in [5.74, 6) is 0.986. The Morgan fingerprint density at radius 2 is 2.00 bits per heavy atom. The topological polar surface area (TPSA) is 42.4 Å². The van der Waals surface area contributed by atoms with Gasteiger partial charge in [0, 0.05) is 24.2 Å². The molecule has 0 atom stereocenters. The zero-order valence-electron chi connectivity index (χ0n) is 13.0. The first kappa shape index (κ1) is 14.9. The maximum Gasteiger partial charge on any atom is 0.259 e. The molecule has 0 bridgehead atoms. The van der Waals surface area contributed by atoms with Crippen molar-refractivity contribution in [1.29, 1.82) is 0 Å². The minimum absolute atomic E-state index is 0.0362. The van der Waals surface area contributed by atoms with Crippen LogP contribution < -0.4 is 4.74 Å². The van der Waals surface area contributed by atoms with Gasteiger partial charge in [-0.15, -0.1) is 11.3 Å². The summed E-state index contributed by atoms with van der Waals surface area (Å²) in [6, 6.07) is 15.0. The van der Waals surface area contributed by atoms with E-state index < -0.39 is 0 Å². The first-order valence-corrected chi connectivity index (χ1v) is 8.71. The summed E-state index contributed by atoms with van der Waals surface area (Å²) in [6.45, 7) is 1.38. The second-order valence-electron chi connectivity index (χ2n) is 5.62. The molecule has 0 saturated carbocycles. The number of rotatable bonds is 3. The highest BCUT2D eigenvalue weighted by molar-refractivity contribution is 7.10. The van der Waals surface area contributed by atoms with Crippen molar-refractivity contribution in [3.63, 3.8) is 0 Å². The van der Waals surface area contributed by atoms with E-state index in [0.29, 0.717) is 23.7 Å². The molecule has 24 heavy (non-hydrogen) atoms. The maximum atomic E-state index is 13.0. The summed E-state index contributed by atoms with van der Waals surface area (Å²) in [6.07, 6.45) is 2.55. The number of carbonyl (C=O) groups is 1. The number of para-hydroxylation sites is 1. The molecule has 1 aliphatic rings. The van der Waals surface area contributed by atoms with Gasteiger partial charge >= 0.3 is 0 Å². The Morgan fingerprint density at radius 1 is 1.12 bits per heavy atom. The van der Waals surface area contributed by atoms with Gasteiger partial charge in [-0.05, 0) is 47.7 Å². The molecule has 1 aliphatic heterocycles. The van der Waals surface area contributed by atoms with Gasteiger partial charge in [0.2, 0.25) is 5.88 Å². The molecule has 0 aliphatic carbocycles. The fourth-order valence-corrected chi connectivity index (χ4v) is 3.72. The van der Waals surface area contributed by atoms with Crippen LogP contribution in [0.25, 0.3) is 0 Å². The SMILES string of the molecule is O=C(c1cccnc1Oc1ccccc1)N1CCc2sccc2C1. The van der Waals surface area contributed by atoms with E-state index >= 15 is 0 Å². The van der Waals surface area contributed by atoms with Crippen molar-refractivity contribution in [3.05, 3.63) is 76.1 Å². The lowest BCUT2D eigenvalue weighted by molar-refractivity contribution is 0.0732. The first-order chi connectivity index (χ1) is 11.8. The number of aromatic nitrogens is 1. The van der Waals surface area contributed by atoms with Gasteiger partial charge in [0.1, 0.15) is 11.3 Å². The van der Waals surface area contributed by atoms with Gasteiger partial charge in [-0.1, -0.05) is 18.2 Å². The van der Waals surface area contributed by atoms with Crippen LogP contribution in [0.3, 0.4) is 0 Å². The molecule has 0 saturated heterocycles. The van der Waals surface area contributed by atoms with Gasteiger partial charge < -0.3 is 9.64 Å². The molecule has 0 N–H and O–H groups in total. The second kappa shape index (κ2) is 6.45. The minimum Gasteiger partial charge on any atom is -0.438 e. The predicted octanol–water partition coefficient (Wildman–Crippen LogP) is 4.13. The van der Waals surface area contributed by atoms with Crippen molar-refractivity contribution >= 4 is 17.2 Å². The van der Waals surface area contributed by atoms with Crippen LogP contribution in [-0.4, -0.2) is 22.3 Å². The molecular formula is C19H16N2O2S. The fourth-order valence-electron chi connectivity index (χ4n) is 2.83. The lowest BCUT2D eigenvalue weighted by Crippen LogP contribution is -2.35. The molecule has 5 heteroatoms. The highest BCUT2D eigenvalue weighted by atomic mass is 32.1.